The number of rotatable bonds is 3. The largest absolute Gasteiger partial charge is 0.334 e. The normalized spacial score (nSPS) is 17.4. The molecule has 1 saturated carbocycles. The summed E-state index contributed by atoms with van der Waals surface area (Å²) in [5.74, 6) is 0.887. The van der Waals surface area contributed by atoms with Crippen LogP contribution in [0.1, 0.15) is 43.5 Å². The number of nitrogens with two attached hydrogens (primary N) is 1. The second-order valence-corrected chi connectivity index (χ2v) is 5.90. The van der Waals surface area contributed by atoms with E-state index in [1.165, 1.54) is 18.6 Å². The van der Waals surface area contributed by atoms with Crippen LogP contribution in [0, 0.1) is 17.0 Å². The molecule has 1 aliphatic rings. The van der Waals surface area contributed by atoms with Gasteiger partial charge in [0.2, 0.25) is 0 Å². The Hall–Kier alpha value is -2.28. The first-order valence-electron chi connectivity index (χ1n) is 7.38. The second-order valence-electron chi connectivity index (χ2n) is 5.90. The molecule has 116 valence electrons. The summed E-state index contributed by atoms with van der Waals surface area (Å²) in [5, 5.41) is 14.8. The van der Waals surface area contributed by atoms with Gasteiger partial charge in [-0.2, -0.15) is 4.98 Å². The Morgan fingerprint density at radius 3 is 2.68 bits per heavy atom. The molecule has 22 heavy (non-hydrogen) atoms. The molecule has 1 aromatic carbocycles. The van der Waals surface area contributed by atoms with Gasteiger partial charge in [0.1, 0.15) is 0 Å². The second kappa shape index (κ2) is 5.49. The minimum Gasteiger partial charge on any atom is -0.334 e. The van der Waals surface area contributed by atoms with Crippen LogP contribution in [0.5, 0.6) is 0 Å². The zero-order valence-electron chi connectivity index (χ0n) is 12.4. The number of hydrogen-bond acceptors (Lipinski definition) is 6. The number of nitrogens with zero attached hydrogens (tertiary/aromatic N) is 3. The lowest BCUT2D eigenvalue weighted by molar-refractivity contribution is -0.384. The molecule has 1 fully saturated rings. The Morgan fingerprint density at radius 2 is 2.05 bits per heavy atom. The number of non-ortho nitro benzene ring substituents is 1. The van der Waals surface area contributed by atoms with E-state index in [9.17, 15) is 10.1 Å². The van der Waals surface area contributed by atoms with Crippen molar-refractivity contribution in [3.05, 3.63) is 39.7 Å². The van der Waals surface area contributed by atoms with Crippen molar-refractivity contribution in [1.29, 1.82) is 0 Å². The minimum atomic E-state index is -0.519. The molecule has 2 N–H and O–H groups in total. The Kier molecular flexibility index (Phi) is 3.66. The fraction of sp³-hybridized carbons (Fsp3) is 0.467. The van der Waals surface area contributed by atoms with Crippen molar-refractivity contribution in [2.45, 2.75) is 44.6 Å². The summed E-state index contributed by atoms with van der Waals surface area (Å²) in [6.45, 7) is 1.78. The molecule has 3 rings (SSSR count). The molecule has 0 amide bonds. The third kappa shape index (κ3) is 2.59. The van der Waals surface area contributed by atoms with E-state index in [-0.39, 0.29) is 5.69 Å². The van der Waals surface area contributed by atoms with Gasteiger partial charge in [-0.25, -0.2) is 0 Å². The minimum absolute atomic E-state index is 0.0450. The first-order valence-corrected chi connectivity index (χ1v) is 7.38. The maximum atomic E-state index is 10.8. The fourth-order valence-electron chi connectivity index (χ4n) is 2.94. The van der Waals surface area contributed by atoms with Crippen LogP contribution in [0.3, 0.4) is 0 Å². The van der Waals surface area contributed by atoms with E-state index >= 15 is 0 Å². The molecule has 0 unspecified atom stereocenters. The zero-order valence-corrected chi connectivity index (χ0v) is 12.4. The number of benzene rings is 1. The molecule has 7 heteroatoms. The van der Waals surface area contributed by atoms with Crippen LogP contribution in [0.4, 0.5) is 5.69 Å². The average molecular weight is 302 g/mol. The molecular weight excluding hydrogens is 284 g/mol. The van der Waals surface area contributed by atoms with Crippen molar-refractivity contribution in [1.82, 2.24) is 10.1 Å². The van der Waals surface area contributed by atoms with Crippen LogP contribution >= 0.6 is 0 Å². The average Bonchev–Trinajstić information content (AvgIpc) is 2.98. The van der Waals surface area contributed by atoms with Crippen LogP contribution in [0.25, 0.3) is 11.5 Å². The first-order chi connectivity index (χ1) is 10.5. The molecule has 0 saturated heterocycles. The third-order valence-corrected chi connectivity index (χ3v) is 4.27. The van der Waals surface area contributed by atoms with E-state index in [2.05, 4.69) is 10.1 Å². The molecule has 0 aliphatic heterocycles. The highest BCUT2D eigenvalue weighted by molar-refractivity contribution is 5.61. The van der Waals surface area contributed by atoms with Crippen LogP contribution in [0.15, 0.2) is 22.7 Å². The maximum absolute atomic E-state index is 10.8. The summed E-state index contributed by atoms with van der Waals surface area (Å²) in [7, 11) is 0. The molecule has 0 spiro atoms. The van der Waals surface area contributed by atoms with Gasteiger partial charge in [0.25, 0.3) is 11.6 Å². The number of nitro benzene ring substituents is 1. The SMILES string of the molecule is Cc1cc([N+](=O)[O-])ccc1-c1nc(C2(N)CCCCC2)no1. The van der Waals surface area contributed by atoms with E-state index in [0.717, 1.165) is 31.2 Å². The summed E-state index contributed by atoms with van der Waals surface area (Å²) in [4.78, 5) is 14.8. The lowest BCUT2D eigenvalue weighted by atomic mass is 9.82. The van der Waals surface area contributed by atoms with Crippen molar-refractivity contribution in [3.63, 3.8) is 0 Å². The number of hydrogen-bond donors (Lipinski definition) is 1. The third-order valence-electron chi connectivity index (χ3n) is 4.27. The van der Waals surface area contributed by atoms with E-state index in [4.69, 9.17) is 10.3 Å². The molecule has 1 aromatic heterocycles. The van der Waals surface area contributed by atoms with Crippen LogP contribution in [0.2, 0.25) is 0 Å². The molecule has 0 atom stereocenters. The lowest BCUT2D eigenvalue weighted by Crippen LogP contribution is -2.39. The van der Waals surface area contributed by atoms with Gasteiger partial charge in [-0.15, -0.1) is 0 Å². The van der Waals surface area contributed by atoms with Gasteiger partial charge >= 0.3 is 0 Å². The molecule has 2 aromatic rings. The smallest absolute Gasteiger partial charge is 0.269 e. The van der Waals surface area contributed by atoms with Gasteiger partial charge in [-0.05, 0) is 31.4 Å². The standard InChI is InChI=1S/C15H18N4O3/c1-10-9-11(19(20)21)5-6-12(10)13-17-14(18-22-13)15(16)7-3-2-4-8-15/h5-6,9H,2-4,7-8,16H2,1H3. The van der Waals surface area contributed by atoms with Crippen molar-refractivity contribution in [3.8, 4) is 11.5 Å². The summed E-state index contributed by atoms with van der Waals surface area (Å²) < 4.78 is 5.34. The zero-order chi connectivity index (χ0) is 15.7. The Labute approximate surface area is 127 Å². The van der Waals surface area contributed by atoms with Crippen molar-refractivity contribution < 1.29 is 9.45 Å². The highest BCUT2D eigenvalue weighted by Gasteiger charge is 2.34. The fourth-order valence-corrected chi connectivity index (χ4v) is 2.94. The summed E-state index contributed by atoms with van der Waals surface area (Å²) >= 11 is 0. The first kappa shape index (κ1) is 14.6. The van der Waals surface area contributed by atoms with E-state index in [1.54, 1.807) is 13.0 Å². The van der Waals surface area contributed by atoms with E-state index in [0.29, 0.717) is 17.3 Å². The van der Waals surface area contributed by atoms with Gasteiger partial charge in [-0.3, -0.25) is 10.1 Å². The van der Waals surface area contributed by atoms with Crippen LogP contribution in [-0.2, 0) is 5.54 Å². The van der Waals surface area contributed by atoms with E-state index in [1.807, 2.05) is 0 Å². The predicted molar refractivity (Wildman–Crippen MR) is 80.1 cm³/mol. The van der Waals surface area contributed by atoms with Gasteiger partial charge in [0.15, 0.2) is 5.82 Å². The quantitative estimate of drug-likeness (QED) is 0.689. The van der Waals surface area contributed by atoms with Gasteiger partial charge < -0.3 is 10.3 Å². The number of aryl methyl sites for hydroxylation is 1. The van der Waals surface area contributed by atoms with Crippen molar-refractivity contribution in [2.75, 3.05) is 0 Å². The lowest BCUT2D eigenvalue weighted by Gasteiger charge is -2.29. The Balaban J connectivity index is 1.92. The highest BCUT2D eigenvalue weighted by Crippen LogP contribution is 2.34. The van der Waals surface area contributed by atoms with Crippen LogP contribution in [-0.4, -0.2) is 15.1 Å². The molecule has 0 radical (unpaired) electrons. The Bertz CT molecular complexity index is 705. The maximum Gasteiger partial charge on any atom is 0.269 e. The molecule has 7 nitrogen and oxygen atoms in total. The summed E-state index contributed by atoms with van der Waals surface area (Å²) in [6.07, 6.45) is 5.02. The van der Waals surface area contributed by atoms with Crippen LogP contribution < -0.4 is 5.73 Å². The number of aromatic nitrogens is 2. The van der Waals surface area contributed by atoms with Gasteiger partial charge in [0, 0.05) is 17.7 Å². The van der Waals surface area contributed by atoms with Crippen molar-refractivity contribution >= 4 is 5.69 Å². The number of nitro groups is 1. The van der Waals surface area contributed by atoms with E-state index < -0.39 is 10.5 Å². The van der Waals surface area contributed by atoms with Gasteiger partial charge in [-0.1, -0.05) is 24.4 Å². The van der Waals surface area contributed by atoms with Crippen molar-refractivity contribution in [2.24, 2.45) is 5.73 Å². The van der Waals surface area contributed by atoms with Gasteiger partial charge in [0.05, 0.1) is 10.5 Å². The monoisotopic (exact) mass is 302 g/mol. The molecule has 0 bridgehead atoms. The molecular formula is C15H18N4O3. The predicted octanol–water partition coefficient (Wildman–Crippen LogP) is 3.07. The summed E-state index contributed by atoms with van der Waals surface area (Å²) in [5.41, 5.74) is 7.34. The topological polar surface area (TPSA) is 108 Å². The highest BCUT2D eigenvalue weighted by atomic mass is 16.6. The molecule has 1 aliphatic carbocycles. The summed E-state index contributed by atoms with van der Waals surface area (Å²) in [6, 6.07) is 4.57. The Morgan fingerprint density at radius 1 is 1.32 bits per heavy atom. The molecule has 1 heterocycles.